The Labute approximate surface area is 125 Å². The molecule has 2 rings (SSSR count). The molecule has 1 unspecified atom stereocenters. The Hall–Kier alpha value is -0.950. The molecule has 2 aromatic heterocycles. The molecule has 0 saturated carbocycles. The lowest BCUT2D eigenvalue weighted by Gasteiger charge is -2.16. The van der Waals surface area contributed by atoms with Crippen LogP contribution in [0, 0.1) is 6.92 Å². The lowest BCUT2D eigenvalue weighted by Crippen LogP contribution is -2.30. The number of nitrogens with one attached hydrogen (secondary N) is 1. The summed E-state index contributed by atoms with van der Waals surface area (Å²) in [4.78, 5) is 4.15. The number of pyridine rings is 1. The van der Waals surface area contributed by atoms with Gasteiger partial charge in [-0.15, -0.1) is 0 Å². The van der Waals surface area contributed by atoms with Crippen LogP contribution < -0.4 is 11.3 Å². The van der Waals surface area contributed by atoms with Gasteiger partial charge in [-0.2, -0.15) is 5.10 Å². The summed E-state index contributed by atoms with van der Waals surface area (Å²) in [6, 6.07) is 1.91. The first-order valence-corrected chi connectivity index (χ1v) is 6.94. The van der Waals surface area contributed by atoms with E-state index in [2.05, 4.69) is 31.4 Å². The normalized spacial score (nSPS) is 12.7. The molecule has 0 aliphatic heterocycles. The molecule has 0 aliphatic rings. The topological polar surface area (TPSA) is 68.8 Å². The van der Waals surface area contributed by atoms with Crippen LogP contribution in [-0.4, -0.2) is 14.8 Å². The SMILES string of the molecule is Cc1nn(C)c(CC(NN)c2cncc(Br)c2)c1Cl. The number of hydrogen-bond acceptors (Lipinski definition) is 4. The van der Waals surface area contributed by atoms with E-state index in [9.17, 15) is 0 Å². The predicted molar refractivity (Wildman–Crippen MR) is 78.7 cm³/mol. The molecule has 7 heteroatoms. The standard InChI is InChI=1S/C12H15BrClN5/c1-7-12(14)11(19(2)18-7)4-10(17-15)8-3-9(13)6-16-5-8/h3,5-6,10,17H,4,15H2,1-2H3. The highest BCUT2D eigenvalue weighted by atomic mass is 79.9. The molecule has 0 saturated heterocycles. The average molecular weight is 345 g/mol. The zero-order chi connectivity index (χ0) is 14.0. The molecule has 0 spiro atoms. The Morgan fingerprint density at radius 2 is 2.26 bits per heavy atom. The summed E-state index contributed by atoms with van der Waals surface area (Å²) in [5, 5.41) is 4.99. The highest BCUT2D eigenvalue weighted by Crippen LogP contribution is 2.25. The molecular formula is C12H15BrClN5. The van der Waals surface area contributed by atoms with Crippen molar-refractivity contribution in [3.63, 3.8) is 0 Å². The third-order valence-corrected chi connectivity index (χ3v) is 3.91. The second-order valence-electron chi connectivity index (χ2n) is 4.33. The number of nitrogens with zero attached hydrogens (tertiary/aromatic N) is 3. The van der Waals surface area contributed by atoms with Gasteiger partial charge in [-0.1, -0.05) is 11.6 Å². The Kier molecular flexibility index (Phi) is 4.57. The van der Waals surface area contributed by atoms with Crippen molar-refractivity contribution in [2.24, 2.45) is 12.9 Å². The Balaban J connectivity index is 2.29. The van der Waals surface area contributed by atoms with E-state index >= 15 is 0 Å². The minimum absolute atomic E-state index is 0.0719. The van der Waals surface area contributed by atoms with E-state index in [0.717, 1.165) is 21.4 Å². The maximum Gasteiger partial charge on any atom is 0.0847 e. The largest absolute Gasteiger partial charge is 0.271 e. The number of hydrogen-bond donors (Lipinski definition) is 2. The maximum atomic E-state index is 6.26. The smallest absolute Gasteiger partial charge is 0.0847 e. The second-order valence-corrected chi connectivity index (χ2v) is 5.62. The number of halogens is 2. The molecule has 5 nitrogen and oxygen atoms in total. The van der Waals surface area contributed by atoms with Gasteiger partial charge in [-0.25, -0.2) is 0 Å². The number of hydrazine groups is 1. The molecule has 0 amide bonds. The Bertz CT molecular complexity index is 583. The molecule has 0 aromatic carbocycles. The number of nitrogens with two attached hydrogens (primary N) is 1. The third-order valence-electron chi connectivity index (χ3n) is 2.99. The van der Waals surface area contributed by atoms with Gasteiger partial charge in [0.2, 0.25) is 0 Å². The van der Waals surface area contributed by atoms with Crippen LogP contribution in [0.3, 0.4) is 0 Å². The van der Waals surface area contributed by atoms with Crippen LogP contribution in [0.5, 0.6) is 0 Å². The first-order chi connectivity index (χ1) is 9.02. The molecule has 1 atom stereocenters. The van der Waals surface area contributed by atoms with Crippen LogP contribution in [0.25, 0.3) is 0 Å². The second kappa shape index (κ2) is 6.00. The first-order valence-electron chi connectivity index (χ1n) is 5.77. The van der Waals surface area contributed by atoms with Crippen molar-refractivity contribution < 1.29 is 0 Å². The zero-order valence-corrected chi connectivity index (χ0v) is 13.0. The molecule has 19 heavy (non-hydrogen) atoms. The molecule has 2 heterocycles. The Morgan fingerprint density at radius 1 is 1.53 bits per heavy atom. The summed E-state index contributed by atoms with van der Waals surface area (Å²) in [6.07, 6.45) is 4.16. The van der Waals surface area contributed by atoms with E-state index < -0.39 is 0 Å². The van der Waals surface area contributed by atoms with Gasteiger partial charge in [-0.05, 0) is 34.5 Å². The predicted octanol–water partition coefficient (Wildman–Crippen LogP) is 2.29. The lowest BCUT2D eigenvalue weighted by atomic mass is 10.0. The van der Waals surface area contributed by atoms with Crippen molar-refractivity contribution in [2.45, 2.75) is 19.4 Å². The summed E-state index contributed by atoms with van der Waals surface area (Å²) in [5.74, 6) is 5.64. The molecule has 2 aromatic rings. The lowest BCUT2D eigenvalue weighted by molar-refractivity contribution is 0.528. The van der Waals surface area contributed by atoms with Gasteiger partial charge < -0.3 is 0 Å². The summed E-state index contributed by atoms with van der Waals surface area (Å²) >= 11 is 9.66. The number of aromatic nitrogens is 3. The number of rotatable bonds is 4. The highest BCUT2D eigenvalue weighted by Gasteiger charge is 2.18. The minimum Gasteiger partial charge on any atom is -0.271 e. The molecule has 3 N–H and O–H groups in total. The molecule has 102 valence electrons. The quantitative estimate of drug-likeness (QED) is 0.659. The summed E-state index contributed by atoms with van der Waals surface area (Å²) in [5.41, 5.74) is 5.56. The fourth-order valence-corrected chi connectivity index (χ4v) is 2.61. The monoisotopic (exact) mass is 343 g/mol. The maximum absolute atomic E-state index is 6.26. The van der Waals surface area contributed by atoms with Crippen molar-refractivity contribution in [3.8, 4) is 0 Å². The van der Waals surface area contributed by atoms with Crippen molar-refractivity contribution in [1.82, 2.24) is 20.2 Å². The average Bonchev–Trinajstić information content (AvgIpc) is 2.61. The summed E-state index contributed by atoms with van der Waals surface area (Å²) in [6.45, 7) is 1.89. The van der Waals surface area contributed by atoms with Crippen LogP contribution in [0.1, 0.15) is 23.0 Å². The van der Waals surface area contributed by atoms with Gasteiger partial charge in [0.05, 0.1) is 22.5 Å². The van der Waals surface area contributed by atoms with Crippen LogP contribution in [-0.2, 0) is 13.5 Å². The van der Waals surface area contributed by atoms with Gasteiger partial charge in [0.25, 0.3) is 0 Å². The van der Waals surface area contributed by atoms with Gasteiger partial charge in [0.15, 0.2) is 0 Å². The fourth-order valence-electron chi connectivity index (χ4n) is 1.99. The molecule has 0 radical (unpaired) electrons. The molecule has 0 aliphatic carbocycles. The zero-order valence-electron chi connectivity index (χ0n) is 10.7. The molecule has 0 bridgehead atoms. The minimum atomic E-state index is -0.0719. The van der Waals surface area contributed by atoms with E-state index in [4.69, 9.17) is 17.4 Å². The third kappa shape index (κ3) is 3.14. The fraction of sp³-hybridized carbons (Fsp3) is 0.333. The van der Waals surface area contributed by atoms with Gasteiger partial charge >= 0.3 is 0 Å². The van der Waals surface area contributed by atoms with Crippen LogP contribution in [0.15, 0.2) is 22.9 Å². The van der Waals surface area contributed by atoms with Crippen molar-refractivity contribution in [2.75, 3.05) is 0 Å². The van der Waals surface area contributed by atoms with Gasteiger partial charge in [0.1, 0.15) is 0 Å². The Morgan fingerprint density at radius 3 is 2.79 bits per heavy atom. The van der Waals surface area contributed by atoms with Crippen molar-refractivity contribution in [3.05, 3.63) is 44.9 Å². The molecular weight excluding hydrogens is 330 g/mol. The van der Waals surface area contributed by atoms with Crippen LogP contribution in [0.2, 0.25) is 5.02 Å². The van der Waals surface area contributed by atoms with E-state index in [0.29, 0.717) is 11.4 Å². The highest BCUT2D eigenvalue weighted by molar-refractivity contribution is 9.10. The van der Waals surface area contributed by atoms with Crippen LogP contribution in [0.4, 0.5) is 0 Å². The van der Waals surface area contributed by atoms with Gasteiger partial charge in [-0.3, -0.25) is 20.9 Å². The van der Waals surface area contributed by atoms with E-state index in [1.54, 1.807) is 17.1 Å². The van der Waals surface area contributed by atoms with Gasteiger partial charge in [0, 0.05) is 30.3 Å². The van der Waals surface area contributed by atoms with Crippen molar-refractivity contribution >= 4 is 27.5 Å². The first kappa shape index (κ1) is 14.5. The number of aryl methyl sites for hydroxylation is 2. The van der Waals surface area contributed by atoms with Crippen LogP contribution >= 0.6 is 27.5 Å². The van der Waals surface area contributed by atoms with E-state index in [-0.39, 0.29) is 6.04 Å². The van der Waals surface area contributed by atoms with E-state index in [1.165, 1.54) is 0 Å². The van der Waals surface area contributed by atoms with E-state index in [1.807, 2.05) is 20.0 Å². The van der Waals surface area contributed by atoms with Crippen molar-refractivity contribution in [1.29, 1.82) is 0 Å². The summed E-state index contributed by atoms with van der Waals surface area (Å²) < 4.78 is 2.70. The summed E-state index contributed by atoms with van der Waals surface area (Å²) in [7, 11) is 1.88. The molecule has 0 fully saturated rings.